The molecule has 1 N–H and O–H groups in total. The molecule has 3 aromatic carbocycles. The van der Waals surface area contributed by atoms with E-state index in [2.05, 4.69) is 9.71 Å². The highest BCUT2D eigenvalue weighted by atomic mass is 32.2. The van der Waals surface area contributed by atoms with Gasteiger partial charge >= 0.3 is 6.18 Å². The minimum absolute atomic E-state index is 0.123. The number of benzene rings is 3. The SMILES string of the molecule is O=S(=O)(Nc1nc(-c2ccccc2)c(-c2ccccc2)s1)c1ccc(C(F)(F)F)cc1. The Bertz CT molecular complexity index is 1230. The fourth-order valence-electron chi connectivity index (χ4n) is 2.94. The molecule has 0 aliphatic heterocycles. The van der Waals surface area contributed by atoms with E-state index >= 15 is 0 Å². The van der Waals surface area contributed by atoms with Crippen LogP contribution in [0.15, 0.2) is 89.8 Å². The highest BCUT2D eigenvalue weighted by Gasteiger charge is 2.30. The van der Waals surface area contributed by atoms with E-state index in [4.69, 9.17) is 0 Å². The molecule has 0 unspecified atom stereocenters. The summed E-state index contributed by atoms with van der Waals surface area (Å²) < 4.78 is 66.1. The van der Waals surface area contributed by atoms with E-state index in [0.717, 1.165) is 51.6 Å². The van der Waals surface area contributed by atoms with Gasteiger partial charge in [-0.1, -0.05) is 72.0 Å². The number of anilines is 1. The number of nitrogens with one attached hydrogen (secondary N) is 1. The Labute approximate surface area is 181 Å². The first-order valence-corrected chi connectivity index (χ1v) is 11.4. The smallest absolute Gasteiger partial charge is 0.255 e. The first-order chi connectivity index (χ1) is 14.7. The van der Waals surface area contributed by atoms with Crippen molar-refractivity contribution in [2.24, 2.45) is 0 Å². The summed E-state index contributed by atoms with van der Waals surface area (Å²) in [5.74, 6) is 0. The minimum Gasteiger partial charge on any atom is -0.255 e. The van der Waals surface area contributed by atoms with Crippen LogP contribution in [0.4, 0.5) is 18.3 Å². The number of thiazole rings is 1. The van der Waals surface area contributed by atoms with Gasteiger partial charge in [0.2, 0.25) is 0 Å². The van der Waals surface area contributed by atoms with E-state index in [9.17, 15) is 21.6 Å². The van der Waals surface area contributed by atoms with Crippen molar-refractivity contribution < 1.29 is 21.6 Å². The largest absolute Gasteiger partial charge is 0.416 e. The van der Waals surface area contributed by atoms with Crippen molar-refractivity contribution in [3.63, 3.8) is 0 Å². The molecule has 0 atom stereocenters. The highest BCUT2D eigenvalue weighted by Crippen LogP contribution is 2.39. The normalized spacial score (nSPS) is 12.0. The van der Waals surface area contributed by atoms with E-state index in [1.54, 1.807) is 0 Å². The quantitative estimate of drug-likeness (QED) is 0.380. The van der Waals surface area contributed by atoms with Gasteiger partial charge in [0.1, 0.15) is 0 Å². The van der Waals surface area contributed by atoms with Crippen molar-refractivity contribution in [3.8, 4) is 21.7 Å². The number of alkyl halides is 3. The zero-order chi connectivity index (χ0) is 22.1. The maximum atomic E-state index is 12.8. The molecule has 0 fully saturated rings. The predicted molar refractivity (Wildman–Crippen MR) is 115 cm³/mol. The molecule has 0 spiro atoms. The van der Waals surface area contributed by atoms with Crippen LogP contribution in [-0.4, -0.2) is 13.4 Å². The molecule has 0 radical (unpaired) electrons. The average Bonchev–Trinajstić information content (AvgIpc) is 3.17. The molecule has 0 aliphatic rings. The van der Waals surface area contributed by atoms with Gasteiger partial charge in [-0.15, -0.1) is 0 Å². The van der Waals surface area contributed by atoms with Gasteiger partial charge in [0.25, 0.3) is 10.0 Å². The summed E-state index contributed by atoms with van der Waals surface area (Å²) in [5.41, 5.74) is 1.39. The predicted octanol–water partition coefficient (Wildman–Crippen LogP) is 6.30. The Hall–Kier alpha value is -3.17. The third kappa shape index (κ3) is 4.62. The molecule has 0 bridgehead atoms. The Kier molecular flexibility index (Phi) is 5.55. The first kappa shape index (κ1) is 21.1. The molecule has 1 aromatic heterocycles. The van der Waals surface area contributed by atoms with Crippen LogP contribution in [0, 0.1) is 0 Å². The zero-order valence-electron chi connectivity index (χ0n) is 15.8. The van der Waals surface area contributed by atoms with Crippen LogP contribution in [0.3, 0.4) is 0 Å². The number of halogens is 3. The lowest BCUT2D eigenvalue weighted by molar-refractivity contribution is -0.137. The number of sulfonamides is 1. The summed E-state index contributed by atoms with van der Waals surface area (Å²) in [6.07, 6.45) is -4.54. The highest BCUT2D eigenvalue weighted by molar-refractivity contribution is 7.93. The topological polar surface area (TPSA) is 59.1 Å². The molecule has 0 saturated carbocycles. The maximum absolute atomic E-state index is 12.8. The van der Waals surface area contributed by atoms with Gasteiger partial charge in [0.05, 0.1) is 21.0 Å². The second-order valence-electron chi connectivity index (χ2n) is 6.56. The lowest BCUT2D eigenvalue weighted by Gasteiger charge is -2.08. The van der Waals surface area contributed by atoms with Crippen LogP contribution in [0.2, 0.25) is 0 Å². The Morgan fingerprint density at radius 3 is 1.87 bits per heavy atom. The summed E-state index contributed by atoms with van der Waals surface area (Å²) >= 11 is 1.15. The number of hydrogen-bond acceptors (Lipinski definition) is 4. The summed E-state index contributed by atoms with van der Waals surface area (Å²) in [5, 5.41) is 0.123. The molecule has 1 heterocycles. The summed E-state index contributed by atoms with van der Waals surface area (Å²) in [4.78, 5) is 4.97. The zero-order valence-corrected chi connectivity index (χ0v) is 17.4. The van der Waals surface area contributed by atoms with Gasteiger partial charge in [-0.25, -0.2) is 13.4 Å². The van der Waals surface area contributed by atoms with Crippen molar-refractivity contribution in [2.45, 2.75) is 11.1 Å². The number of hydrogen-bond donors (Lipinski definition) is 1. The standard InChI is InChI=1S/C22H15F3N2O2S2/c23-22(24,25)17-11-13-18(14-12-17)31(28,29)27-21-26-19(15-7-3-1-4-8-15)20(30-21)16-9-5-2-6-10-16/h1-14H,(H,26,27). The molecule has 158 valence electrons. The fourth-order valence-corrected chi connectivity index (χ4v) is 5.17. The molecular formula is C22H15F3N2O2S2. The lowest BCUT2D eigenvalue weighted by atomic mass is 10.1. The molecule has 31 heavy (non-hydrogen) atoms. The van der Waals surface area contributed by atoms with E-state index in [1.165, 1.54) is 0 Å². The Morgan fingerprint density at radius 1 is 0.774 bits per heavy atom. The van der Waals surface area contributed by atoms with Crippen LogP contribution in [0.5, 0.6) is 0 Å². The van der Waals surface area contributed by atoms with Crippen molar-refractivity contribution in [2.75, 3.05) is 4.72 Å². The average molecular weight is 461 g/mol. The van der Waals surface area contributed by atoms with Gasteiger partial charge in [-0.05, 0) is 29.8 Å². The second kappa shape index (κ2) is 8.16. The molecule has 9 heteroatoms. The van der Waals surface area contributed by atoms with Gasteiger partial charge in [0, 0.05) is 5.56 Å². The van der Waals surface area contributed by atoms with Crippen LogP contribution in [0.25, 0.3) is 21.7 Å². The minimum atomic E-state index is -4.54. The van der Waals surface area contributed by atoms with Crippen molar-refractivity contribution in [3.05, 3.63) is 90.5 Å². The summed E-state index contributed by atoms with van der Waals surface area (Å²) in [6.45, 7) is 0. The summed E-state index contributed by atoms with van der Waals surface area (Å²) in [6, 6.07) is 22.1. The number of nitrogens with zero attached hydrogens (tertiary/aromatic N) is 1. The van der Waals surface area contributed by atoms with Gasteiger partial charge in [0.15, 0.2) is 5.13 Å². The van der Waals surface area contributed by atoms with E-state index < -0.39 is 21.8 Å². The van der Waals surface area contributed by atoms with Crippen molar-refractivity contribution >= 4 is 26.5 Å². The molecule has 4 aromatic rings. The van der Waals surface area contributed by atoms with Gasteiger partial charge in [-0.2, -0.15) is 13.2 Å². The van der Waals surface area contributed by atoms with Gasteiger partial charge in [-0.3, -0.25) is 4.72 Å². The molecular weight excluding hydrogens is 445 g/mol. The third-order valence-electron chi connectivity index (χ3n) is 4.42. The van der Waals surface area contributed by atoms with Gasteiger partial charge < -0.3 is 0 Å². The number of rotatable bonds is 5. The third-order valence-corrected chi connectivity index (χ3v) is 6.93. The van der Waals surface area contributed by atoms with Crippen molar-refractivity contribution in [1.82, 2.24) is 4.98 Å². The van der Waals surface area contributed by atoms with Crippen LogP contribution >= 0.6 is 11.3 Å². The maximum Gasteiger partial charge on any atom is 0.416 e. The van der Waals surface area contributed by atoms with Crippen LogP contribution in [-0.2, 0) is 16.2 Å². The Balaban J connectivity index is 1.71. The molecule has 0 amide bonds. The molecule has 4 nitrogen and oxygen atoms in total. The monoisotopic (exact) mass is 460 g/mol. The second-order valence-corrected chi connectivity index (χ2v) is 9.24. The Morgan fingerprint density at radius 2 is 1.32 bits per heavy atom. The van der Waals surface area contributed by atoms with Crippen LogP contribution < -0.4 is 4.72 Å². The lowest BCUT2D eigenvalue weighted by Crippen LogP contribution is -2.13. The first-order valence-electron chi connectivity index (χ1n) is 9.06. The number of aromatic nitrogens is 1. The molecule has 0 aliphatic carbocycles. The van der Waals surface area contributed by atoms with E-state index in [1.807, 2.05) is 60.7 Å². The van der Waals surface area contributed by atoms with E-state index in [-0.39, 0.29) is 10.0 Å². The molecule has 4 rings (SSSR count). The fraction of sp³-hybridized carbons (Fsp3) is 0.0455. The van der Waals surface area contributed by atoms with Crippen LogP contribution in [0.1, 0.15) is 5.56 Å². The summed E-state index contributed by atoms with van der Waals surface area (Å²) in [7, 11) is -4.11. The van der Waals surface area contributed by atoms with Crippen molar-refractivity contribution in [1.29, 1.82) is 0 Å². The molecule has 0 saturated heterocycles. The van der Waals surface area contributed by atoms with E-state index in [0.29, 0.717) is 5.69 Å².